The third-order valence-corrected chi connectivity index (χ3v) is 4.26. The molecule has 2 aromatic rings. The molecule has 0 bridgehead atoms. The molecule has 2 aromatic carbocycles. The number of hydrogen-bond donors (Lipinski definition) is 0. The third-order valence-electron chi connectivity index (χ3n) is 4.26. The van der Waals surface area contributed by atoms with E-state index in [1.54, 1.807) is 7.11 Å². The van der Waals surface area contributed by atoms with Gasteiger partial charge in [0.2, 0.25) is 0 Å². The molecule has 0 saturated carbocycles. The monoisotopic (exact) mass is 325 g/mol. The molecule has 2 unspecified atom stereocenters. The van der Waals surface area contributed by atoms with E-state index in [0.29, 0.717) is 18.7 Å². The van der Waals surface area contributed by atoms with Crippen molar-refractivity contribution in [3.63, 3.8) is 0 Å². The lowest BCUT2D eigenvalue weighted by molar-refractivity contribution is -0.0664. The first-order valence-electron chi connectivity index (χ1n) is 8.28. The van der Waals surface area contributed by atoms with Gasteiger partial charge in [0.15, 0.2) is 0 Å². The summed E-state index contributed by atoms with van der Waals surface area (Å²) in [7, 11) is 1.62. The van der Waals surface area contributed by atoms with E-state index >= 15 is 0 Å². The fourth-order valence-electron chi connectivity index (χ4n) is 3.12. The van der Waals surface area contributed by atoms with Gasteiger partial charge in [0.05, 0.1) is 19.3 Å². The number of amides is 1. The number of rotatable bonds is 4. The highest BCUT2D eigenvalue weighted by molar-refractivity contribution is 5.94. The van der Waals surface area contributed by atoms with Crippen LogP contribution in [-0.4, -0.2) is 43.2 Å². The van der Waals surface area contributed by atoms with E-state index in [0.717, 1.165) is 12.2 Å². The Bertz CT molecular complexity index is 669. The van der Waals surface area contributed by atoms with Gasteiger partial charge in [-0.05, 0) is 36.8 Å². The van der Waals surface area contributed by atoms with E-state index in [9.17, 15) is 4.79 Å². The first kappa shape index (κ1) is 16.5. The number of nitrogens with zero attached hydrogens (tertiary/aromatic N) is 1. The second-order valence-corrected chi connectivity index (χ2v) is 6.20. The Morgan fingerprint density at radius 2 is 1.83 bits per heavy atom. The van der Waals surface area contributed by atoms with E-state index in [2.05, 4.69) is 12.1 Å². The van der Waals surface area contributed by atoms with Crippen molar-refractivity contribution in [2.45, 2.75) is 25.6 Å². The van der Waals surface area contributed by atoms with Crippen LogP contribution in [0.4, 0.5) is 0 Å². The molecular formula is C20H23NO3. The van der Waals surface area contributed by atoms with E-state index in [4.69, 9.17) is 9.47 Å². The molecule has 1 saturated heterocycles. The van der Waals surface area contributed by atoms with Crippen LogP contribution in [0.2, 0.25) is 0 Å². The Hall–Kier alpha value is -2.33. The summed E-state index contributed by atoms with van der Waals surface area (Å²) >= 11 is 0. The molecule has 0 spiro atoms. The molecule has 0 aromatic heterocycles. The molecule has 0 radical (unpaired) electrons. The van der Waals surface area contributed by atoms with Gasteiger partial charge in [0, 0.05) is 25.1 Å². The maximum atomic E-state index is 12.8. The molecule has 1 amide bonds. The molecule has 2 atom stereocenters. The van der Waals surface area contributed by atoms with Gasteiger partial charge in [-0.2, -0.15) is 0 Å². The van der Waals surface area contributed by atoms with Gasteiger partial charge in [-0.1, -0.05) is 30.3 Å². The lowest BCUT2D eigenvalue weighted by atomic mass is 10.0. The van der Waals surface area contributed by atoms with Crippen molar-refractivity contribution in [1.82, 2.24) is 4.90 Å². The van der Waals surface area contributed by atoms with Crippen molar-refractivity contribution in [2.24, 2.45) is 0 Å². The molecule has 1 aliphatic rings. The normalized spacial score (nSPS) is 20.7. The van der Waals surface area contributed by atoms with Gasteiger partial charge >= 0.3 is 0 Å². The van der Waals surface area contributed by atoms with E-state index in [1.807, 2.05) is 54.3 Å². The van der Waals surface area contributed by atoms with Crippen LogP contribution in [0, 0.1) is 0 Å². The van der Waals surface area contributed by atoms with E-state index in [1.165, 1.54) is 5.56 Å². The summed E-state index contributed by atoms with van der Waals surface area (Å²) in [5, 5.41) is 0. The number of hydrogen-bond acceptors (Lipinski definition) is 3. The van der Waals surface area contributed by atoms with Gasteiger partial charge in [-0.25, -0.2) is 0 Å². The predicted molar refractivity (Wildman–Crippen MR) is 93.4 cm³/mol. The zero-order chi connectivity index (χ0) is 16.9. The number of carbonyl (C=O) groups is 1. The summed E-state index contributed by atoms with van der Waals surface area (Å²) in [5.74, 6) is 0.801. The van der Waals surface area contributed by atoms with Crippen molar-refractivity contribution in [1.29, 1.82) is 0 Å². The number of morpholine rings is 1. The molecule has 0 aliphatic carbocycles. The zero-order valence-corrected chi connectivity index (χ0v) is 14.1. The summed E-state index contributed by atoms with van der Waals surface area (Å²) in [6.07, 6.45) is 0.880. The van der Waals surface area contributed by atoms with Crippen LogP contribution in [0.3, 0.4) is 0 Å². The minimum atomic E-state index is 0.0262. The molecule has 24 heavy (non-hydrogen) atoms. The van der Waals surface area contributed by atoms with Crippen LogP contribution in [-0.2, 0) is 11.2 Å². The highest BCUT2D eigenvalue weighted by Crippen LogP contribution is 2.19. The van der Waals surface area contributed by atoms with Gasteiger partial charge < -0.3 is 14.4 Å². The number of methoxy groups -OCH3 is 1. The minimum absolute atomic E-state index is 0.0262. The summed E-state index contributed by atoms with van der Waals surface area (Å²) in [5.41, 5.74) is 1.91. The Morgan fingerprint density at radius 3 is 2.50 bits per heavy atom. The fraction of sp³-hybridized carbons (Fsp3) is 0.350. The molecule has 1 fully saturated rings. The number of ether oxygens (including phenoxy) is 2. The molecule has 1 aliphatic heterocycles. The Kier molecular flexibility index (Phi) is 5.16. The van der Waals surface area contributed by atoms with Gasteiger partial charge in [-0.15, -0.1) is 0 Å². The van der Waals surface area contributed by atoms with E-state index in [-0.39, 0.29) is 18.1 Å². The SMILES string of the molecule is COc1ccc(C(=O)N2CC(C)OC(Cc3ccccc3)C2)cc1. The Balaban J connectivity index is 1.69. The molecule has 4 heteroatoms. The van der Waals surface area contributed by atoms with Gasteiger partial charge in [0.25, 0.3) is 5.91 Å². The Morgan fingerprint density at radius 1 is 1.12 bits per heavy atom. The van der Waals surface area contributed by atoms with Gasteiger partial charge in [0.1, 0.15) is 5.75 Å². The average Bonchev–Trinajstić information content (AvgIpc) is 2.61. The van der Waals surface area contributed by atoms with Crippen LogP contribution in [0.5, 0.6) is 5.75 Å². The van der Waals surface area contributed by atoms with Crippen molar-refractivity contribution >= 4 is 5.91 Å². The summed E-state index contributed by atoms with van der Waals surface area (Å²) in [6, 6.07) is 17.5. The number of carbonyl (C=O) groups excluding carboxylic acids is 1. The highest BCUT2D eigenvalue weighted by atomic mass is 16.5. The van der Waals surface area contributed by atoms with Crippen molar-refractivity contribution in [2.75, 3.05) is 20.2 Å². The molecule has 1 heterocycles. The maximum absolute atomic E-state index is 12.8. The average molecular weight is 325 g/mol. The standard InChI is InChI=1S/C20H23NO3/c1-15-13-21(20(22)17-8-10-18(23-2)11-9-17)14-19(24-15)12-16-6-4-3-5-7-16/h3-11,15,19H,12-14H2,1-2H3. The first-order valence-corrected chi connectivity index (χ1v) is 8.28. The van der Waals surface area contributed by atoms with Crippen molar-refractivity contribution in [3.8, 4) is 5.75 Å². The number of benzene rings is 2. The van der Waals surface area contributed by atoms with Crippen molar-refractivity contribution < 1.29 is 14.3 Å². The topological polar surface area (TPSA) is 38.8 Å². The van der Waals surface area contributed by atoms with Crippen LogP contribution in [0.25, 0.3) is 0 Å². The second kappa shape index (κ2) is 7.49. The minimum Gasteiger partial charge on any atom is -0.497 e. The molecular weight excluding hydrogens is 302 g/mol. The first-order chi connectivity index (χ1) is 11.7. The smallest absolute Gasteiger partial charge is 0.254 e. The molecule has 3 rings (SSSR count). The van der Waals surface area contributed by atoms with Crippen LogP contribution in [0.1, 0.15) is 22.8 Å². The van der Waals surface area contributed by atoms with E-state index < -0.39 is 0 Å². The zero-order valence-electron chi connectivity index (χ0n) is 14.1. The van der Waals surface area contributed by atoms with Gasteiger partial charge in [-0.3, -0.25) is 4.79 Å². The molecule has 126 valence electrons. The van der Waals surface area contributed by atoms with Crippen molar-refractivity contribution in [3.05, 3.63) is 65.7 Å². The maximum Gasteiger partial charge on any atom is 0.254 e. The third kappa shape index (κ3) is 3.95. The summed E-state index contributed by atoms with van der Waals surface area (Å²) < 4.78 is 11.2. The predicted octanol–water partition coefficient (Wildman–Crippen LogP) is 3.17. The highest BCUT2D eigenvalue weighted by Gasteiger charge is 2.29. The van der Waals surface area contributed by atoms with Crippen LogP contribution < -0.4 is 4.74 Å². The largest absolute Gasteiger partial charge is 0.497 e. The second-order valence-electron chi connectivity index (χ2n) is 6.20. The Labute approximate surface area is 143 Å². The summed E-state index contributed by atoms with van der Waals surface area (Å²) in [4.78, 5) is 14.7. The lowest BCUT2D eigenvalue weighted by Gasteiger charge is -2.37. The van der Waals surface area contributed by atoms with Crippen LogP contribution in [0.15, 0.2) is 54.6 Å². The lowest BCUT2D eigenvalue weighted by Crippen LogP contribution is -2.49. The molecule has 4 nitrogen and oxygen atoms in total. The fourth-order valence-corrected chi connectivity index (χ4v) is 3.12. The summed E-state index contributed by atoms with van der Waals surface area (Å²) in [6.45, 7) is 3.26. The van der Waals surface area contributed by atoms with Crippen LogP contribution >= 0.6 is 0 Å². The molecule has 0 N–H and O–H groups in total. The quantitative estimate of drug-likeness (QED) is 0.867.